The Morgan fingerprint density at radius 3 is 2.55 bits per heavy atom. The minimum absolute atomic E-state index is 0.163. The molecule has 4 aromatic rings. The highest BCUT2D eigenvalue weighted by Gasteiger charge is 2.16. The smallest absolute Gasteiger partial charge is 0.267 e. The van der Waals surface area contributed by atoms with Gasteiger partial charge < -0.3 is 0 Å². The summed E-state index contributed by atoms with van der Waals surface area (Å²) in [4.78, 5) is 26.6. The van der Waals surface area contributed by atoms with Crippen molar-refractivity contribution >= 4 is 34.2 Å². The van der Waals surface area contributed by atoms with Gasteiger partial charge in [0, 0.05) is 10.3 Å². The van der Waals surface area contributed by atoms with Crippen molar-refractivity contribution in [1.82, 2.24) is 15.2 Å². The number of nitrogens with zero attached hydrogens (tertiary/aromatic N) is 3. The van der Waals surface area contributed by atoms with Crippen molar-refractivity contribution in [3.8, 4) is 0 Å². The Balaban J connectivity index is 1.70. The van der Waals surface area contributed by atoms with Crippen LogP contribution < -0.4 is 11.0 Å². The predicted molar refractivity (Wildman–Crippen MR) is 116 cm³/mol. The topological polar surface area (TPSA) is 76.3 Å². The number of thiophene rings is 1. The van der Waals surface area contributed by atoms with E-state index in [0.717, 1.165) is 16.0 Å². The second kappa shape index (κ2) is 8.20. The summed E-state index contributed by atoms with van der Waals surface area (Å²) in [6.45, 7) is 2.26. The van der Waals surface area contributed by atoms with E-state index in [1.165, 1.54) is 4.68 Å². The van der Waals surface area contributed by atoms with Crippen LogP contribution in [0.4, 0.5) is 0 Å². The van der Waals surface area contributed by atoms with Crippen LogP contribution in [0.3, 0.4) is 0 Å². The van der Waals surface area contributed by atoms with Crippen LogP contribution >= 0.6 is 11.3 Å². The summed E-state index contributed by atoms with van der Waals surface area (Å²) >= 11 is 1.54. The fourth-order valence-electron chi connectivity index (χ4n) is 2.99. The van der Waals surface area contributed by atoms with Gasteiger partial charge in [-0.2, -0.15) is 10.2 Å². The fourth-order valence-corrected chi connectivity index (χ4v) is 3.77. The SMILES string of the molecule is Cc1ccsc1/C=N\NC(=O)c1nn(Cc2ccccc2)c(=O)c2ccccc12. The van der Waals surface area contributed by atoms with Gasteiger partial charge >= 0.3 is 0 Å². The summed E-state index contributed by atoms with van der Waals surface area (Å²) < 4.78 is 1.32. The van der Waals surface area contributed by atoms with Crippen molar-refractivity contribution in [3.63, 3.8) is 0 Å². The summed E-state index contributed by atoms with van der Waals surface area (Å²) in [5.74, 6) is -0.464. The van der Waals surface area contributed by atoms with E-state index in [9.17, 15) is 9.59 Å². The molecule has 0 aliphatic heterocycles. The van der Waals surface area contributed by atoms with Crippen molar-refractivity contribution in [2.24, 2.45) is 5.10 Å². The first-order valence-corrected chi connectivity index (χ1v) is 9.93. The van der Waals surface area contributed by atoms with E-state index in [2.05, 4.69) is 15.6 Å². The fraction of sp³-hybridized carbons (Fsp3) is 0.0909. The van der Waals surface area contributed by atoms with Gasteiger partial charge in [-0.3, -0.25) is 9.59 Å². The molecule has 0 unspecified atom stereocenters. The zero-order valence-electron chi connectivity index (χ0n) is 15.7. The first-order valence-electron chi connectivity index (χ1n) is 9.05. The molecule has 0 radical (unpaired) electrons. The number of aryl methyl sites for hydroxylation is 1. The molecule has 0 aliphatic rings. The Morgan fingerprint density at radius 1 is 1.10 bits per heavy atom. The highest BCUT2D eigenvalue weighted by molar-refractivity contribution is 7.11. The highest BCUT2D eigenvalue weighted by Crippen LogP contribution is 2.15. The van der Waals surface area contributed by atoms with Gasteiger partial charge in [0.25, 0.3) is 11.5 Å². The monoisotopic (exact) mass is 402 g/mol. The summed E-state index contributed by atoms with van der Waals surface area (Å²) in [6, 6.07) is 18.5. The van der Waals surface area contributed by atoms with Crippen molar-refractivity contribution in [2.75, 3.05) is 0 Å². The Bertz CT molecular complexity index is 1260. The van der Waals surface area contributed by atoms with E-state index < -0.39 is 5.91 Å². The van der Waals surface area contributed by atoms with Crippen molar-refractivity contribution in [1.29, 1.82) is 0 Å². The van der Waals surface area contributed by atoms with Gasteiger partial charge in [-0.05, 0) is 35.6 Å². The van der Waals surface area contributed by atoms with Gasteiger partial charge in [-0.25, -0.2) is 10.1 Å². The van der Waals surface area contributed by atoms with Gasteiger partial charge in [0.2, 0.25) is 0 Å². The first-order chi connectivity index (χ1) is 14.1. The maximum Gasteiger partial charge on any atom is 0.292 e. The Morgan fingerprint density at radius 2 is 1.83 bits per heavy atom. The van der Waals surface area contributed by atoms with Crippen molar-refractivity contribution in [2.45, 2.75) is 13.5 Å². The molecule has 2 aromatic heterocycles. The van der Waals surface area contributed by atoms with Gasteiger partial charge in [0.05, 0.1) is 18.1 Å². The molecular formula is C22H18N4O2S. The zero-order valence-corrected chi connectivity index (χ0v) is 16.5. The number of amides is 1. The molecule has 6 nitrogen and oxygen atoms in total. The zero-order chi connectivity index (χ0) is 20.2. The average molecular weight is 402 g/mol. The number of benzene rings is 2. The Hall–Kier alpha value is -3.58. The number of rotatable bonds is 5. The van der Waals surface area contributed by atoms with Gasteiger partial charge in [0.1, 0.15) is 0 Å². The molecule has 2 aromatic carbocycles. The number of hydrogen-bond acceptors (Lipinski definition) is 5. The summed E-state index contributed by atoms with van der Waals surface area (Å²) in [7, 11) is 0. The van der Waals surface area contributed by atoms with Crippen LogP contribution in [-0.2, 0) is 6.54 Å². The van der Waals surface area contributed by atoms with E-state index >= 15 is 0 Å². The van der Waals surface area contributed by atoms with Crippen LogP contribution in [0.5, 0.6) is 0 Å². The number of hydrazone groups is 1. The molecule has 144 valence electrons. The van der Waals surface area contributed by atoms with Crippen molar-refractivity contribution in [3.05, 3.63) is 98.1 Å². The standard InChI is InChI=1S/C22H18N4O2S/c1-15-11-12-29-19(15)13-23-24-21(27)20-17-9-5-6-10-18(17)22(28)26(25-20)14-16-7-3-2-4-8-16/h2-13H,14H2,1H3,(H,24,27)/b23-13-. The third-order valence-corrected chi connectivity index (χ3v) is 5.46. The molecule has 7 heteroatoms. The highest BCUT2D eigenvalue weighted by atomic mass is 32.1. The number of carbonyl (C=O) groups excluding carboxylic acids is 1. The predicted octanol–water partition coefficient (Wildman–Crippen LogP) is 3.58. The quantitative estimate of drug-likeness (QED) is 0.409. The van der Waals surface area contributed by atoms with Crippen LogP contribution in [0, 0.1) is 6.92 Å². The van der Waals surface area contributed by atoms with Gasteiger partial charge in [-0.15, -0.1) is 11.3 Å². The maximum absolute atomic E-state index is 12.9. The van der Waals surface area contributed by atoms with Crippen LogP contribution in [0.15, 0.2) is 75.9 Å². The summed E-state index contributed by atoms with van der Waals surface area (Å²) in [5.41, 5.74) is 4.47. The Kier molecular flexibility index (Phi) is 5.31. The number of nitrogens with one attached hydrogen (secondary N) is 1. The van der Waals surface area contributed by atoms with E-state index in [4.69, 9.17) is 0 Å². The third kappa shape index (κ3) is 4.00. The van der Waals surface area contributed by atoms with E-state index in [0.29, 0.717) is 10.8 Å². The van der Waals surface area contributed by atoms with Crippen LogP contribution in [0.1, 0.15) is 26.5 Å². The molecule has 0 aliphatic carbocycles. The maximum atomic E-state index is 12.9. The van der Waals surface area contributed by atoms with E-state index in [-0.39, 0.29) is 17.8 Å². The molecule has 2 heterocycles. The second-order valence-electron chi connectivity index (χ2n) is 6.51. The van der Waals surface area contributed by atoms with E-state index in [1.54, 1.807) is 41.8 Å². The minimum atomic E-state index is -0.464. The third-order valence-electron chi connectivity index (χ3n) is 4.51. The molecule has 0 spiro atoms. The average Bonchev–Trinajstić information content (AvgIpc) is 3.15. The summed E-state index contributed by atoms with van der Waals surface area (Å²) in [5, 5.41) is 11.3. The normalized spacial score (nSPS) is 11.2. The number of hydrogen-bond donors (Lipinski definition) is 1. The molecule has 0 saturated heterocycles. The van der Waals surface area contributed by atoms with Crippen LogP contribution in [-0.4, -0.2) is 21.9 Å². The van der Waals surface area contributed by atoms with Crippen molar-refractivity contribution < 1.29 is 4.79 Å². The lowest BCUT2D eigenvalue weighted by atomic mass is 10.1. The van der Waals surface area contributed by atoms with Crippen LogP contribution in [0.25, 0.3) is 10.8 Å². The molecular weight excluding hydrogens is 384 g/mol. The molecule has 29 heavy (non-hydrogen) atoms. The molecule has 1 N–H and O–H groups in total. The van der Waals surface area contributed by atoms with Gasteiger partial charge in [0.15, 0.2) is 5.69 Å². The molecule has 0 atom stereocenters. The van der Waals surface area contributed by atoms with E-state index in [1.807, 2.05) is 48.7 Å². The van der Waals surface area contributed by atoms with Crippen LogP contribution in [0.2, 0.25) is 0 Å². The molecule has 0 saturated carbocycles. The first kappa shape index (κ1) is 18.8. The Labute approximate surface area is 171 Å². The molecule has 0 fully saturated rings. The number of aromatic nitrogens is 2. The lowest BCUT2D eigenvalue weighted by molar-refractivity contribution is 0.0949. The number of carbonyl (C=O) groups is 1. The molecule has 0 bridgehead atoms. The number of fused-ring (bicyclic) bond motifs is 1. The largest absolute Gasteiger partial charge is 0.292 e. The minimum Gasteiger partial charge on any atom is -0.267 e. The van der Waals surface area contributed by atoms with Gasteiger partial charge in [-0.1, -0.05) is 48.5 Å². The lowest BCUT2D eigenvalue weighted by Gasteiger charge is -2.10. The lowest BCUT2D eigenvalue weighted by Crippen LogP contribution is -2.29. The summed E-state index contributed by atoms with van der Waals surface area (Å²) in [6.07, 6.45) is 1.61. The molecule has 1 amide bonds. The second-order valence-corrected chi connectivity index (χ2v) is 7.46. The molecule has 4 rings (SSSR count).